The summed E-state index contributed by atoms with van der Waals surface area (Å²) >= 11 is 5.00. The maximum absolute atomic E-state index is 12.2. The molecule has 24 heavy (non-hydrogen) atoms. The highest BCUT2D eigenvalue weighted by molar-refractivity contribution is 8.09. The van der Waals surface area contributed by atoms with E-state index in [0.717, 1.165) is 0 Å². The molecule has 2 aliphatic rings. The third kappa shape index (κ3) is 3.03. The van der Waals surface area contributed by atoms with Gasteiger partial charge in [-0.05, 0) is 18.7 Å². The molecule has 3 N–H and O–H groups in total. The van der Waals surface area contributed by atoms with Crippen LogP contribution in [0.4, 0.5) is 5.82 Å². The zero-order valence-electron chi connectivity index (χ0n) is 13.5. The summed E-state index contributed by atoms with van der Waals surface area (Å²) in [6.45, 7) is 0.625. The summed E-state index contributed by atoms with van der Waals surface area (Å²) in [5.74, 6) is 0.166. The second kappa shape index (κ2) is 6.14. The smallest absolute Gasteiger partial charge is 0.351 e. The number of rotatable bonds is 5. The van der Waals surface area contributed by atoms with E-state index in [4.69, 9.17) is 36.3 Å². The second-order valence-corrected chi connectivity index (χ2v) is 9.96. The van der Waals surface area contributed by atoms with Crippen LogP contribution in [-0.2, 0) is 30.5 Å². The van der Waals surface area contributed by atoms with E-state index in [0.29, 0.717) is 5.56 Å². The molecule has 0 spiro atoms. The first-order chi connectivity index (χ1) is 11.2. The number of aryl methyl sites for hydroxylation is 1. The molecule has 0 radical (unpaired) electrons. The zero-order valence-corrected chi connectivity index (χ0v) is 15.3. The Kier molecular flexibility index (Phi) is 4.59. The quantitative estimate of drug-likeness (QED) is 0.671. The lowest BCUT2D eigenvalue weighted by Gasteiger charge is -2.31. The van der Waals surface area contributed by atoms with Crippen LogP contribution in [0.15, 0.2) is 11.0 Å². The van der Waals surface area contributed by atoms with E-state index >= 15 is 0 Å². The van der Waals surface area contributed by atoms with Gasteiger partial charge in [-0.15, -0.1) is 0 Å². The molecule has 2 saturated heterocycles. The lowest BCUT2D eigenvalue weighted by Crippen LogP contribution is -2.46. The minimum atomic E-state index is -2.97. The van der Waals surface area contributed by atoms with Crippen molar-refractivity contribution in [1.82, 2.24) is 9.55 Å². The van der Waals surface area contributed by atoms with Crippen molar-refractivity contribution in [3.63, 3.8) is 0 Å². The van der Waals surface area contributed by atoms with Crippen LogP contribution in [0.25, 0.3) is 0 Å². The minimum Gasteiger partial charge on any atom is -0.383 e. The average molecular weight is 377 g/mol. The number of fused-ring (bicyclic) bond motifs is 2. The van der Waals surface area contributed by atoms with E-state index in [9.17, 15) is 9.69 Å². The SMILES string of the molecule is COC[C@]12CO[C@@H](C1OP(C)(O)=S)[C@H](n1cc(C)c(N)nc1=O)O2. The van der Waals surface area contributed by atoms with Crippen LogP contribution in [0.2, 0.25) is 0 Å². The van der Waals surface area contributed by atoms with E-state index in [1.807, 2.05) is 0 Å². The fourth-order valence-electron chi connectivity index (χ4n) is 3.09. The van der Waals surface area contributed by atoms with Gasteiger partial charge in [-0.1, -0.05) is 0 Å². The van der Waals surface area contributed by atoms with Crippen molar-refractivity contribution in [1.29, 1.82) is 0 Å². The Bertz CT molecular complexity index is 752. The predicted molar refractivity (Wildman–Crippen MR) is 89.4 cm³/mol. The normalized spacial score (nSPS) is 34.4. The van der Waals surface area contributed by atoms with E-state index in [1.54, 1.807) is 13.1 Å². The van der Waals surface area contributed by atoms with Crippen molar-refractivity contribution in [2.24, 2.45) is 0 Å². The van der Waals surface area contributed by atoms with Crippen LogP contribution in [0.5, 0.6) is 0 Å². The maximum Gasteiger partial charge on any atom is 0.351 e. The monoisotopic (exact) mass is 377 g/mol. The van der Waals surface area contributed by atoms with Gasteiger partial charge in [-0.3, -0.25) is 4.57 Å². The van der Waals surface area contributed by atoms with Crippen molar-refractivity contribution < 1.29 is 23.6 Å². The Hall–Kier alpha value is -0.870. The number of nitrogens with two attached hydrogens (primary N) is 1. The third-order valence-electron chi connectivity index (χ3n) is 4.12. The topological polar surface area (TPSA) is 118 Å². The van der Waals surface area contributed by atoms with E-state index in [2.05, 4.69) is 4.98 Å². The molecule has 3 rings (SSSR count). The Balaban J connectivity index is 2.00. The molecule has 2 bridgehead atoms. The summed E-state index contributed by atoms with van der Waals surface area (Å²) in [5.41, 5.74) is 4.81. The van der Waals surface area contributed by atoms with Gasteiger partial charge in [0.2, 0.25) is 0 Å². The van der Waals surface area contributed by atoms with Crippen LogP contribution < -0.4 is 11.4 Å². The maximum atomic E-state index is 12.2. The molecule has 0 amide bonds. The Morgan fingerprint density at radius 1 is 1.67 bits per heavy atom. The summed E-state index contributed by atoms with van der Waals surface area (Å²) in [5, 5.41) is 0. The summed E-state index contributed by atoms with van der Waals surface area (Å²) in [6.07, 6.45) is -0.456. The average Bonchev–Trinajstić information content (AvgIpc) is 2.93. The van der Waals surface area contributed by atoms with Gasteiger partial charge in [0, 0.05) is 25.5 Å². The molecule has 0 aromatic carbocycles. The highest BCUT2D eigenvalue weighted by Crippen LogP contribution is 2.52. The van der Waals surface area contributed by atoms with Gasteiger partial charge in [0.1, 0.15) is 23.6 Å². The standard InChI is InChI=1S/C13H20N3O6PS/c1-7-4-16(12(17)15-10(7)14)11-8-9(22-23(3,18)24)13(21-11,5-19-2)6-20-8/h4,8-9,11H,5-6H2,1-3H3,(H,18,24)(H2,14,15,17)/t8-,9?,11+,13-,23?/m0/s1. The predicted octanol–water partition coefficient (Wildman–Crippen LogP) is -0.236. The first kappa shape index (κ1) is 17.9. The molecule has 9 nitrogen and oxygen atoms in total. The van der Waals surface area contributed by atoms with E-state index in [-0.39, 0.29) is 19.0 Å². The molecular formula is C13H20N3O6PS. The first-order valence-corrected chi connectivity index (χ1v) is 10.4. The van der Waals surface area contributed by atoms with Gasteiger partial charge in [0.05, 0.1) is 13.2 Å². The van der Waals surface area contributed by atoms with Gasteiger partial charge in [0.15, 0.2) is 12.7 Å². The Labute approximate surface area is 143 Å². The summed E-state index contributed by atoms with van der Waals surface area (Å²) in [4.78, 5) is 26.0. The molecule has 0 saturated carbocycles. The Morgan fingerprint density at radius 3 is 3.00 bits per heavy atom. The highest BCUT2D eigenvalue weighted by atomic mass is 32.5. The number of methoxy groups -OCH3 is 1. The van der Waals surface area contributed by atoms with E-state index < -0.39 is 36.2 Å². The number of hydrogen-bond acceptors (Lipinski definition) is 8. The molecule has 1 aromatic heterocycles. The molecule has 2 fully saturated rings. The fourth-order valence-corrected chi connectivity index (χ4v) is 4.10. The highest BCUT2D eigenvalue weighted by Gasteiger charge is 2.64. The summed E-state index contributed by atoms with van der Waals surface area (Å²) in [6, 6.07) is 0. The van der Waals surface area contributed by atoms with Crippen LogP contribution >= 0.6 is 6.49 Å². The molecule has 134 valence electrons. The van der Waals surface area contributed by atoms with Gasteiger partial charge in [-0.25, -0.2) is 4.79 Å². The van der Waals surface area contributed by atoms with Crippen LogP contribution in [0.3, 0.4) is 0 Å². The largest absolute Gasteiger partial charge is 0.383 e. The number of hydrogen-bond donors (Lipinski definition) is 2. The molecule has 2 aliphatic heterocycles. The summed E-state index contributed by atoms with van der Waals surface area (Å²) in [7, 11) is 1.53. The number of ether oxygens (including phenoxy) is 3. The van der Waals surface area contributed by atoms with Crippen LogP contribution in [0.1, 0.15) is 11.8 Å². The molecule has 3 heterocycles. The van der Waals surface area contributed by atoms with Crippen LogP contribution in [-0.4, -0.2) is 59.2 Å². The van der Waals surface area contributed by atoms with Gasteiger partial charge in [-0.2, -0.15) is 4.98 Å². The van der Waals surface area contributed by atoms with E-state index in [1.165, 1.54) is 18.3 Å². The first-order valence-electron chi connectivity index (χ1n) is 7.29. The molecule has 11 heteroatoms. The number of aromatic nitrogens is 2. The molecular weight excluding hydrogens is 357 g/mol. The van der Waals surface area contributed by atoms with Crippen LogP contribution in [0, 0.1) is 6.92 Å². The van der Waals surface area contributed by atoms with Gasteiger partial charge < -0.3 is 29.4 Å². The van der Waals surface area contributed by atoms with Crippen molar-refractivity contribution in [2.75, 3.05) is 32.7 Å². The lowest BCUT2D eigenvalue weighted by atomic mass is 10.0. The number of nitrogens with zero attached hydrogens (tertiary/aromatic N) is 2. The van der Waals surface area contributed by atoms with Crippen molar-refractivity contribution in [2.45, 2.75) is 31.0 Å². The molecule has 2 unspecified atom stereocenters. The van der Waals surface area contributed by atoms with Crippen molar-refractivity contribution >= 4 is 24.1 Å². The van der Waals surface area contributed by atoms with Gasteiger partial charge >= 0.3 is 5.69 Å². The van der Waals surface area contributed by atoms with Crippen molar-refractivity contribution in [3.8, 4) is 0 Å². The fraction of sp³-hybridized carbons (Fsp3) is 0.692. The number of nitrogen functional groups attached to an aromatic ring is 1. The lowest BCUT2D eigenvalue weighted by molar-refractivity contribution is -0.190. The van der Waals surface area contributed by atoms with Crippen molar-refractivity contribution in [3.05, 3.63) is 22.2 Å². The third-order valence-corrected chi connectivity index (χ3v) is 5.00. The number of anilines is 1. The zero-order chi connectivity index (χ0) is 17.7. The molecule has 1 aromatic rings. The summed E-state index contributed by atoms with van der Waals surface area (Å²) < 4.78 is 24.1. The molecule has 5 atom stereocenters. The minimum absolute atomic E-state index is 0.166. The van der Waals surface area contributed by atoms with Gasteiger partial charge in [0.25, 0.3) is 0 Å². The molecule has 0 aliphatic carbocycles. The second-order valence-electron chi connectivity index (χ2n) is 6.11. The Morgan fingerprint density at radius 2 is 2.38 bits per heavy atom.